The predicted octanol–water partition coefficient (Wildman–Crippen LogP) is 1.38. The smallest absolute Gasteiger partial charge is 0.0916 e. The zero-order chi connectivity index (χ0) is 10.8. The molecular formula is C14H21N2+. The highest BCUT2D eigenvalue weighted by molar-refractivity contribution is 5.14. The van der Waals surface area contributed by atoms with Crippen LogP contribution in [0.2, 0.25) is 0 Å². The van der Waals surface area contributed by atoms with Crippen LogP contribution in [0.4, 0.5) is 0 Å². The van der Waals surface area contributed by atoms with Gasteiger partial charge in [-0.2, -0.15) is 0 Å². The van der Waals surface area contributed by atoms with E-state index in [1.54, 1.807) is 0 Å². The van der Waals surface area contributed by atoms with Gasteiger partial charge in [-0.05, 0) is 5.56 Å². The Hall–Kier alpha value is -0.860. The van der Waals surface area contributed by atoms with E-state index in [0.717, 1.165) is 0 Å². The third kappa shape index (κ3) is 2.00. The molecule has 1 aromatic rings. The summed E-state index contributed by atoms with van der Waals surface area (Å²) in [5.74, 6) is 0. The summed E-state index contributed by atoms with van der Waals surface area (Å²) >= 11 is 0. The van der Waals surface area contributed by atoms with Crippen molar-refractivity contribution in [3.05, 3.63) is 35.9 Å². The molecule has 16 heavy (non-hydrogen) atoms. The molecule has 3 heterocycles. The van der Waals surface area contributed by atoms with Gasteiger partial charge in [-0.25, -0.2) is 0 Å². The minimum Gasteiger partial charge on any atom is -0.320 e. The van der Waals surface area contributed by atoms with Crippen molar-refractivity contribution in [1.29, 1.82) is 0 Å². The van der Waals surface area contributed by atoms with Crippen LogP contribution in [0, 0.1) is 0 Å². The lowest BCUT2D eigenvalue weighted by molar-refractivity contribution is -0.940. The topological polar surface area (TPSA) is 3.24 Å². The first kappa shape index (κ1) is 10.3. The summed E-state index contributed by atoms with van der Waals surface area (Å²) in [6.07, 6.45) is 1.25. The molecule has 0 spiro atoms. The molecule has 3 aliphatic rings. The van der Waals surface area contributed by atoms with Gasteiger partial charge >= 0.3 is 0 Å². The van der Waals surface area contributed by atoms with E-state index in [9.17, 15) is 0 Å². The number of quaternary nitrogens is 1. The van der Waals surface area contributed by atoms with Crippen molar-refractivity contribution >= 4 is 0 Å². The fourth-order valence-electron chi connectivity index (χ4n) is 3.08. The number of nitrogens with zero attached hydrogens (tertiary/aromatic N) is 2. The van der Waals surface area contributed by atoms with Gasteiger partial charge in [0.05, 0.1) is 26.2 Å². The number of hydrogen-bond donors (Lipinski definition) is 0. The second-order valence-corrected chi connectivity index (χ2v) is 5.31. The first-order valence-electron chi connectivity index (χ1n) is 6.48. The van der Waals surface area contributed by atoms with E-state index in [2.05, 4.69) is 35.2 Å². The number of hydrogen-bond acceptors (Lipinski definition) is 1. The van der Waals surface area contributed by atoms with Crippen molar-refractivity contribution in [2.75, 3.05) is 45.8 Å². The molecule has 3 saturated heterocycles. The minimum absolute atomic E-state index is 1.25. The average molecular weight is 217 g/mol. The summed E-state index contributed by atoms with van der Waals surface area (Å²) in [7, 11) is 0. The molecule has 3 aliphatic heterocycles. The molecule has 0 unspecified atom stereocenters. The first-order valence-corrected chi connectivity index (χ1v) is 6.48. The number of rotatable bonds is 3. The quantitative estimate of drug-likeness (QED) is 0.691. The first-order chi connectivity index (χ1) is 7.86. The highest BCUT2D eigenvalue weighted by atomic mass is 15.4. The van der Waals surface area contributed by atoms with Crippen molar-refractivity contribution in [2.24, 2.45) is 0 Å². The SMILES string of the molecule is c1ccc(CC[N+]23CCN(CC2)CC3)cc1. The van der Waals surface area contributed by atoms with Crippen LogP contribution in [0.3, 0.4) is 0 Å². The highest BCUT2D eigenvalue weighted by Gasteiger charge is 2.37. The van der Waals surface area contributed by atoms with Gasteiger partial charge < -0.3 is 4.48 Å². The minimum atomic E-state index is 1.25. The second-order valence-electron chi connectivity index (χ2n) is 5.31. The number of fused-ring (bicyclic) bond motifs is 3. The van der Waals surface area contributed by atoms with Crippen molar-refractivity contribution in [3.63, 3.8) is 0 Å². The van der Waals surface area contributed by atoms with Crippen molar-refractivity contribution in [1.82, 2.24) is 4.90 Å². The van der Waals surface area contributed by atoms with E-state index in [4.69, 9.17) is 0 Å². The summed E-state index contributed by atoms with van der Waals surface area (Å²) in [6, 6.07) is 10.9. The van der Waals surface area contributed by atoms with E-state index in [1.807, 2.05) is 0 Å². The summed E-state index contributed by atoms with van der Waals surface area (Å²) in [4.78, 5) is 2.61. The van der Waals surface area contributed by atoms with Crippen LogP contribution in [-0.2, 0) is 6.42 Å². The largest absolute Gasteiger partial charge is 0.320 e. The lowest BCUT2D eigenvalue weighted by atomic mass is 10.1. The zero-order valence-electron chi connectivity index (χ0n) is 9.94. The Morgan fingerprint density at radius 3 is 2.19 bits per heavy atom. The Morgan fingerprint density at radius 2 is 1.56 bits per heavy atom. The zero-order valence-corrected chi connectivity index (χ0v) is 9.94. The summed E-state index contributed by atoms with van der Waals surface area (Å²) in [6.45, 7) is 9.47. The average Bonchev–Trinajstić information content (AvgIpc) is 2.40. The van der Waals surface area contributed by atoms with Gasteiger partial charge in [-0.1, -0.05) is 30.3 Å². The van der Waals surface area contributed by atoms with Gasteiger partial charge in [0, 0.05) is 26.1 Å². The van der Waals surface area contributed by atoms with E-state index in [1.165, 1.54) is 62.3 Å². The molecule has 2 heteroatoms. The molecule has 86 valence electrons. The maximum Gasteiger partial charge on any atom is 0.0916 e. The van der Waals surface area contributed by atoms with Gasteiger partial charge in [0.2, 0.25) is 0 Å². The van der Waals surface area contributed by atoms with Crippen LogP contribution in [-0.4, -0.2) is 55.2 Å². The standard InChI is InChI=1S/C14H21N2/c1-2-4-14(5-3-1)6-10-16-11-7-15(8-12-16)9-13-16/h1-5H,6-13H2/q+1. The lowest BCUT2D eigenvalue weighted by Crippen LogP contribution is -2.67. The van der Waals surface area contributed by atoms with Gasteiger partial charge in [-0.3, -0.25) is 4.90 Å². The Kier molecular flexibility index (Phi) is 2.70. The second kappa shape index (κ2) is 4.19. The molecule has 2 nitrogen and oxygen atoms in total. The fraction of sp³-hybridized carbons (Fsp3) is 0.571. The van der Waals surface area contributed by atoms with Gasteiger partial charge in [0.1, 0.15) is 0 Å². The summed E-state index contributed by atoms with van der Waals surface area (Å²) in [5.41, 5.74) is 1.50. The molecule has 0 radical (unpaired) electrons. The Labute approximate surface area is 98.1 Å². The molecule has 1 aromatic carbocycles. The maximum atomic E-state index is 2.61. The van der Waals surface area contributed by atoms with E-state index in [-0.39, 0.29) is 0 Å². The molecule has 4 rings (SSSR count). The molecule has 0 amide bonds. The monoisotopic (exact) mass is 217 g/mol. The molecule has 0 aromatic heterocycles. The van der Waals surface area contributed by atoms with E-state index >= 15 is 0 Å². The fourth-order valence-corrected chi connectivity index (χ4v) is 3.08. The van der Waals surface area contributed by atoms with Crippen molar-refractivity contribution in [3.8, 4) is 0 Å². The van der Waals surface area contributed by atoms with Gasteiger partial charge in [0.15, 0.2) is 0 Å². The molecule has 0 saturated carbocycles. The van der Waals surface area contributed by atoms with Gasteiger partial charge in [0.25, 0.3) is 0 Å². The number of piperazine rings is 3. The predicted molar refractivity (Wildman–Crippen MR) is 66.3 cm³/mol. The highest BCUT2D eigenvalue weighted by Crippen LogP contribution is 2.20. The van der Waals surface area contributed by atoms with E-state index < -0.39 is 0 Å². The third-order valence-corrected chi connectivity index (χ3v) is 4.39. The Morgan fingerprint density at radius 1 is 0.938 bits per heavy atom. The van der Waals surface area contributed by atoms with Crippen molar-refractivity contribution in [2.45, 2.75) is 6.42 Å². The van der Waals surface area contributed by atoms with Crippen LogP contribution >= 0.6 is 0 Å². The number of benzene rings is 1. The van der Waals surface area contributed by atoms with Crippen LogP contribution in [0.1, 0.15) is 5.56 Å². The molecule has 2 bridgehead atoms. The molecule has 0 atom stereocenters. The maximum absolute atomic E-state index is 2.61. The van der Waals surface area contributed by atoms with Crippen LogP contribution < -0.4 is 0 Å². The molecule has 0 N–H and O–H groups in total. The van der Waals surface area contributed by atoms with Crippen LogP contribution in [0.25, 0.3) is 0 Å². The lowest BCUT2D eigenvalue weighted by Gasteiger charge is -2.50. The molecular weight excluding hydrogens is 196 g/mol. The normalized spacial score (nSPS) is 32.9. The van der Waals surface area contributed by atoms with Crippen molar-refractivity contribution < 1.29 is 4.48 Å². The van der Waals surface area contributed by atoms with E-state index in [0.29, 0.717) is 0 Å². The summed E-state index contributed by atoms with van der Waals surface area (Å²) < 4.78 is 1.38. The van der Waals surface area contributed by atoms with Crippen LogP contribution in [0.5, 0.6) is 0 Å². The Bertz CT molecular complexity index is 325. The molecule has 0 aliphatic carbocycles. The third-order valence-electron chi connectivity index (χ3n) is 4.39. The van der Waals surface area contributed by atoms with Crippen LogP contribution in [0.15, 0.2) is 30.3 Å². The molecule has 3 fully saturated rings. The summed E-state index contributed by atoms with van der Waals surface area (Å²) in [5, 5.41) is 0. The van der Waals surface area contributed by atoms with Gasteiger partial charge in [-0.15, -0.1) is 0 Å². The Balaban J connectivity index is 1.62.